The number of hydrogen-bond acceptors (Lipinski definition) is 0. The van der Waals surface area contributed by atoms with Crippen LogP contribution in [0.4, 0.5) is 22.0 Å². The molecule has 0 amide bonds. The van der Waals surface area contributed by atoms with Gasteiger partial charge < -0.3 is 0 Å². The molecule has 0 aliphatic carbocycles. The molecule has 0 radical (unpaired) electrons. The highest BCUT2D eigenvalue weighted by molar-refractivity contribution is 5.94. The van der Waals surface area contributed by atoms with E-state index in [4.69, 9.17) is 0 Å². The number of aryl methyl sites for hydroxylation is 1. The molecule has 0 N–H and O–H groups in total. The summed E-state index contributed by atoms with van der Waals surface area (Å²) < 4.78 is 64.2. The van der Waals surface area contributed by atoms with Crippen LogP contribution in [0.2, 0.25) is 0 Å². The topological polar surface area (TPSA) is 0 Å². The highest BCUT2D eigenvalue weighted by Gasteiger charge is 2.29. The summed E-state index contributed by atoms with van der Waals surface area (Å²) in [6, 6.07) is 48.7. The van der Waals surface area contributed by atoms with E-state index >= 15 is 0 Å². The van der Waals surface area contributed by atoms with Gasteiger partial charge in [0, 0.05) is 44.5 Å². The fourth-order valence-electron chi connectivity index (χ4n) is 6.06. The maximum atomic E-state index is 13.0. The van der Waals surface area contributed by atoms with Crippen LogP contribution in [0, 0.1) is 65.9 Å². The Balaban J connectivity index is 0.000000180. The van der Waals surface area contributed by atoms with Gasteiger partial charge in [0.2, 0.25) is 0 Å². The van der Waals surface area contributed by atoms with Crippen molar-refractivity contribution in [2.75, 3.05) is 0 Å². The third-order valence-corrected chi connectivity index (χ3v) is 9.16. The lowest BCUT2D eigenvalue weighted by Crippen LogP contribution is -2.04. The van der Waals surface area contributed by atoms with Crippen LogP contribution in [0.25, 0.3) is 21.5 Å². The molecule has 8 aromatic carbocycles. The zero-order valence-corrected chi connectivity index (χ0v) is 31.6. The summed E-state index contributed by atoms with van der Waals surface area (Å²) >= 11 is 0. The largest absolute Gasteiger partial charge is 0.416 e. The number of benzene rings is 8. The van der Waals surface area contributed by atoms with Crippen molar-refractivity contribution in [3.8, 4) is 47.4 Å². The normalized spacial score (nSPS) is 10.3. The predicted octanol–water partition coefficient (Wildman–Crippen LogP) is 12.9. The lowest BCUT2D eigenvalue weighted by molar-refractivity contribution is -0.137. The van der Waals surface area contributed by atoms with Crippen molar-refractivity contribution in [1.29, 1.82) is 0 Å². The molecule has 0 saturated carbocycles. The molecule has 282 valence electrons. The molecule has 59 heavy (non-hydrogen) atoms. The van der Waals surface area contributed by atoms with Crippen LogP contribution in [0.15, 0.2) is 170 Å². The van der Waals surface area contributed by atoms with Crippen LogP contribution in [0.3, 0.4) is 0 Å². The summed E-state index contributed by atoms with van der Waals surface area (Å²) in [6.07, 6.45) is -4.35. The van der Waals surface area contributed by atoms with Gasteiger partial charge in [-0.25, -0.2) is 8.78 Å². The van der Waals surface area contributed by atoms with Gasteiger partial charge in [-0.15, -0.1) is 0 Å². The van der Waals surface area contributed by atoms with Crippen molar-refractivity contribution < 1.29 is 22.0 Å². The molecule has 8 rings (SSSR count). The Bertz CT molecular complexity index is 2930. The number of halogens is 5. The maximum absolute atomic E-state index is 13.0. The first-order valence-corrected chi connectivity index (χ1v) is 18.5. The summed E-state index contributed by atoms with van der Waals surface area (Å²) in [5, 5.41) is 3.95. The second kappa shape index (κ2) is 18.0. The molecule has 0 unspecified atom stereocenters. The Morgan fingerprint density at radius 3 is 0.881 bits per heavy atom. The van der Waals surface area contributed by atoms with Gasteiger partial charge in [0.05, 0.1) is 5.56 Å². The molecule has 8 aromatic rings. The van der Waals surface area contributed by atoms with Crippen LogP contribution >= 0.6 is 0 Å². The molecule has 0 aromatic heterocycles. The van der Waals surface area contributed by atoms with Crippen LogP contribution in [-0.2, 0) is 6.18 Å². The first kappa shape index (κ1) is 39.4. The molecule has 0 bridgehead atoms. The Labute approximate surface area is 340 Å². The summed E-state index contributed by atoms with van der Waals surface area (Å²) in [5.74, 6) is 24.4. The van der Waals surface area contributed by atoms with Gasteiger partial charge in [-0.1, -0.05) is 114 Å². The minimum absolute atomic E-state index is 0.278. The van der Waals surface area contributed by atoms with E-state index < -0.39 is 11.7 Å². The highest BCUT2D eigenvalue weighted by atomic mass is 19.4. The number of alkyl halides is 3. The molecule has 0 fully saturated rings. The minimum atomic E-state index is -4.35. The number of rotatable bonds is 0. The summed E-state index contributed by atoms with van der Waals surface area (Å²) in [5.41, 5.74) is 6.96. The van der Waals surface area contributed by atoms with Gasteiger partial charge in [-0.05, 0) is 138 Å². The molecule has 0 nitrogen and oxygen atoms in total. The average Bonchev–Trinajstić information content (AvgIpc) is 3.25. The van der Waals surface area contributed by atoms with Crippen LogP contribution in [0.1, 0.15) is 55.6 Å². The number of fused-ring (bicyclic) bond motifs is 2. The van der Waals surface area contributed by atoms with E-state index in [1.807, 2.05) is 104 Å². The highest BCUT2D eigenvalue weighted by Crippen LogP contribution is 2.29. The minimum Gasteiger partial charge on any atom is -0.207 e. The Morgan fingerprint density at radius 2 is 0.593 bits per heavy atom. The average molecular weight is 775 g/mol. The third kappa shape index (κ3) is 10.3. The second-order valence-corrected chi connectivity index (χ2v) is 13.4. The molecular formula is C54H31F5. The third-order valence-electron chi connectivity index (χ3n) is 9.16. The van der Waals surface area contributed by atoms with Gasteiger partial charge in [0.15, 0.2) is 0 Å². The van der Waals surface area contributed by atoms with E-state index in [1.54, 1.807) is 24.3 Å². The first-order valence-electron chi connectivity index (χ1n) is 18.5. The van der Waals surface area contributed by atoms with E-state index in [9.17, 15) is 22.0 Å². The zero-order chi connectivity index (χ0) is 41.2. The van der Waals surface area contributed by atoms with Crippen molar-refractivity contribution in [3.63, 3.8) is 0 Å². The predicted molar refractivity (Wildman–Crippen MR) is 227 cm³/mol. The fourth-order valence-corrected chi connectivity index (χ4v) is 6.06. The molecule has 0 aliphatic heterocycles. The SMILES string of the molecule is Cc1ccc(C#Cc2cccc3c(C#Cc4ccc(C(F)(F)F)cc4)cccc23)cc1.Fc1ccc(C#Cc2cccc3c(C#Cc4ccc(F)cc4)cccc23)cc1. The summed E-state index contributed by atoms with van der Waals surface area (Å²) in [7, 11) is 0. The van der Waals surface area contributed by atoms with E-state index in [-0.39, 0.29) is 11.6 Å². The van der Waals surface area contributed by atoms with E-state index in [2.05, 4.69) is 47.4 Å². The Kier molecular flexibility index (Phi) is 12.0. The van der Waals surface area contributed by atoms with Crippen LogP contribution in [0.5, 0.6) is 0 Å². The smallest absolute Gasteiger partial charge is 0.207 e. The monoisotopic (exact) mass is 774 g/mol. The van der Waals surface area contributed by atoms with Crippen molar-refractivity contribution in [1.82, 2.24) is 0 Å². The van der Waals surface area contributed by atoms with Crippen LogP contribution in [-0.4, -0.2) is 0 Å². The summed E-state index contributed by atoms with van der Waals surface area (Å²) in [4.78, 5) is 0. The van der Waals surface area contributed by atoms with E-state index in [0.29, 0.717) is 5.56 Å². The molecule has 0 atom stereocenters. The van der Waals surface area contributed by atoms with Crippen molar-refractivity contribution in [2.45, 2.75) is 13.1 Å². The van der Waals surface area contributed by atoms with Crippen molar-refractivity contribution in [2.24, 2.45) is 0 Å². The van der Waals surface area contributed by atoms with Crippen LogP contribution < -0.4 is 0 Å². The maximum Gasteiger partial charge on any atom is 0.416 e. The molecule has 0 spiro atoms. The van der Waals surface area contributed by atoms with Gasteiger partial charge >= 0.3 is 6.18 Å². The van der Waals surface area contributed by atoms with Gasteiger partial charge in [0.1, 0.15) is 11.6 Å². The second-order valence-electron chi connectivity index (χ2n) is 13.4. The first-order chi connectivity index (χ1) is 28.6. The lowest BCUT2D eigenvalue weighted by atomic mass is 10.00. The molecular weight excluding hydrogens is 744 g/mol. The zero-order valence-electron chi connectivity index (χ0n) is 31.6. The standard InChI is InChI=1S/C28H17F3.C26H14F2/c1-20-8-10-21(11-9-20)12-16-23-4-2-7-27-24(5-3-6-26(23)27)17-13-22-14-18-25(19-15-22)28(29,30)31;27-23-15-9-19(10-16-23)7-13-21-3-1-5-25-22(4-2-6-26(21)25)14-8-20-11-17-24(28)18-12-20/h2-11,14-15,18-19H,1H3;1-6,9-12,15-18H. The van der Waals surface area contributed by atoms with Gasteiger partial charge in [0.25, 0.3) is 0 Å². The Hall–Kier alpha value is -7.83. The molecule has 0 heterocycles. The lowest BCUT2D eigenvalue weighted by Gasteiger charge is -2.05. The van der Waals surface area contributed by atoms with E-state index in [0.717, 1.165) is 72.6 Å². The van der Waals surface area contributed by atoms with Gasteiger partial charge in [-0.3, -0.25) is 0 Å². The molecule has 0 saturated heterocycles. The number of hydrogen-bond donors (Lipinski definition) is 0. The van der Waals surface area contributed by atoms with E-state index in [1.165, 1.54) is 42.0 Å². The van der Waals surface area contributed by atoms with Crippen molar-refractivity contribution in [3.05, 3.63) is 237 Å². The molecule has 5 heteroatoms. The van der Waals surface area contributed by atoms with Crippen molar-refractivity contribution >= 4 is 21.5 Å². The van der Waals surface area contributed by atoms with Gasteiger partial charge in [-0.2, -0.15) is 13.2 Å². The fraction of sp³-hybridized carbons (Fsp3) is 0.0370. The summed E-state index contributed by atoms with van der Waals surface area (Å²) in [6.45, 7) is 2.04. The molecule has 0 aliphatic rings. The Morgan fingerprint density at radius 1 is 0.322 bits per heavy atom. The quantitative estimate of drug-likeness (QED) is 0.106.